The highest BCUT2D eigenvalue weighted by molar-refractivity contribution is 5.66. The van der Waals surface area contributed by atoms with Crippen molar-refractivity contribution < 1.29 is 24.2 Å². The summed E-state index contributed by atoms with van der Waals surface area (Å²) in [5.41, 5.74) is 0. The van der Waals surface area contributed by atoms with E-state index in [1.165, 1.54) is 6.92 Å². The molecule has 0 amide bonds. The van der Waals surface area contributed by atoms with Crippen LogP contribution >= 0.6 is 0 Å². The highest BCUT2D eigenvalue weighted by Crippen LogP contribution is 2.11. The quantitative estimate of drug-likeness (QED) is 0.745. The molecule has 1 rings (SSSR count). The predicted molar refractivity (Wildman–Crippen MR) is 58.2 cm³/mol. The van der Waals surface area contributed by atoms with Crippen molar-refractivity contribution in [3.63, 3.8) is 0 Å². The van der Waals surface area contributed by atoms with Gasteiger partial charge < -0.3 is 14.6 Å². The zero-order valence-electron chi connectivity index (χ0n) is 9.90. The molecule has 0 spiro atoms. The Bertz CT molecular complexity index is 208. The van der Waals surface area contributed by atoms with Crippen LogP contribution < -0.4 is 0 Å². The Kier molecular flexibility index (Phi) is 8.52. The molecule has 1 fully saturated rings. The van der Waals surface area contributed by atoms with E-state index in [1.807, 2.05) is 6.92 Å². The summed E-state index contributed by atoms with van der Waals surface area (Å²) in [5, 5.41) is 7.91. The van der Waals surface area contributed by atoms with Gasteiger partial charge in [0, 0.05) is 20.0 Å². The highest BCUT2D eigenvalue weighted by atomic mass is 16.6. The molecular weight excluding hydrogens is 212 g/mol. The minimum Gasteiger partial charge on any atom is -0.481 e. The van der Waals surface area contributed by atoms with Gasteiger partial charge in [-0.2, -0.15) is 0 Å². The molecule has 1 aliphatic rings. The minimum absolute atomic E-state index is 0.156. The molecular formula is C11H20O5. The van der Waals surface area contributed by atoms with E-state index >= 15 is 0 Å². The van der Waals surface area contributed by atoms with Crippen LogP contribution in [0.2, 0.25) is 0 Å². The van der Waals surface area contributed by atoms with Crippen LogP contribution in [0.3, 0.4) is 0 Å². The van der Waals surface area contributed by atoms with Gasteiger partial charge in [-0.1, -0.05) is 6.92 Å². The lowest BCUT2D eigenvalue weighted by molar-refractivity contribution is -0.144. The van der Waals surface area contributed by atoms with Crippen molar-refractivity contribution in [1.29, 1.82) is 0 Å². The molecule has 5 nitrogen and oxygen atoms in total. The molecule has 0 saturated carbocycles. The maximum absolute atomic E-state index is 10.3. The van der Waals surface area contributed by atoms with Crippen molar-refractivity contribution in [2.75, 3.05) is 13.2 Å². The molecule has 94 valence electrons. The SMILES string of the molecule is CC(=O)OCC1CCCO1.CCCC(=O)O. The number of carboxylic acids is 1. The minimum atomic E-state index is -0.711. The van der Waals surface area contributed by atoms with Crippen LogP contribution in [0.25, 0.3) is 0 Å². The molecule has 0 aromatic heterocycles. The van der Waals surface area contributed by atoms with Crippen molar-refractivity contribution in [1.82, 2.24) is 0 Å². The van der Waals surface area contributed by atoms with Crippen molar-refractivity contribution >= 4 is 11.9 Å². The first-order valence-electron chi connectivity index (χ1n) is 5.53. The number of carboxylic acid groups (broad SMARTS) is 1. The number of esters is 1. The summed E-state index contributed by atoms with van der Waals surface area (Å²) >= 11 is 0. The molecule has 1 aliphatic heterocycles. The molecule has 1 saturated heterocycles. The molecule has 0 aliphatic carbocycles. The largest absolute Gasteiger partial charge is 0.481 e. The second-order valence-electron chi connectivity index (χ2n) is 3.58. The second-order valence-corrected chi connectivity index (χ2v) is 3.58. The van der Waals surface area contributed by atoms with Crippen LogP contribution in [0, 0.1) is 0 Å². The Morgan fingerprint density at radius 1 is 1.50 bits per heavy atom. The van der Waals surface area contributed by atoms with Crippen molar-refractivity contribution in [2.45, 2.75) is 45.6 Å². The first-order valence-corrected chi connectivity index (χ1v) is 5.53. The molecule has 0 radical (unpaired) electrons. The van der Waals surface area contributed by atoms with Gasteiger partial charge in [0.1, 0.15) is 6.61 Å². The van der Waals surface area contributed by atoms with Crippen molar-refractivity contribution in [2.24, 2.45) is 0 Å². The normalized spacial score (nSPS) is 18.5. The number of rotatable bonds is 4. The van der Waals surface area contributed by atoms with Crippen LogP contribution in [-0.4, -0.2) is 36.4 Å². The van der Waals surface area contributed by atoms with Gasteiger partial charge in [-0.05, 0) is 19.3 Å². The lowest BCUT2D eigenvalue weighted by atomic mass is 10.2. The Morgan fingerprint density at radius 3 is 2.50 bits per heavy atom. The van der Waals surface area contributed by atoms with Gasteiger partial charge in [0.15, 0.2) is 0 Å². The average molecular weight is 232 g/mol. The average Bonchev–Trinajstić information content (AvgIpc) is 2.67. The van der Waals surface area contributed by atoms with E-state index in [-0.39, 0.29) is 12.1 Å². The molecule has 1 unspecified atom stereocenters. The van der Waals surface area contributed by atoms with Crippen LogP contribution in [0.1, 0.15) is 39.5 Å². The van der Waals surface area contributed by atoms with Gasteiger partial charge in [0.2, 0.25) is 0 Å². The van der Waals surface area contributed by atoms with E-state index in [0.29, 0.717) is 13.0 Å². The van der Waals surface area contributed by atoms with E-state index in [2.05, 4.69) is 0 Å². The lowest BCUT2D eigenvalue weighted by Gasteiger charge is -2.07. The number of hydrogen-bond acceptors (Lipinski definition) is 4. The van der Waals surface area contributed by atoms with Crippen LogP contribution in [-0.2, 0) is 19.1 Å². The van der Waals surface area contributed by atoms with Gasteiger partial charge in [-0.25, -0.2) is 0 Å². The topological polar surface area (TPSA) is 72.8 Å². The standard InChI is InChI=1S/C7H12O3.C4H8O2/c1-6(8)10-5-7-3-2-4-9-7;1-2-3-4(5)6/h7H,2-5H2,1H3;2-3H2,1H3,(H,5,6). The van der Waals surface area contributed by atoms with E-state index < -0.39 is 5.97 Å². The first kappa shape index (κ1) is 14.9. The summed E-state index contributed by atoms with van der Waals surface area (Å²) in [7, 11) is 0. The van der Waals surface area contributed by atoms with Crippen molar-refractivity contribution in [3.8, 4) is 0 Å². The predicted octanol–water partition coefficient (Wildman–Crippen LogP) is 1.60. The molecule has 0 aromatic rings. The van der Waals surface area contributed by atoms with E-state index in [4.69, 9.17) is 14.6 Å². The molecule has 0 bridgehead atoms. The number of hydrogen-bond donors (Lipinski definition) is 1. The van der Waals surface area contributed by atoms with Crippen molar-refractivity contribution in [3.05, 3.63) is 0 Å². The van der Waals surface area contributed by atoms with Crippen LogP contribution in [0.15, 0.2) is 0 Å². The number of ether oxygens (including phenoxy) is 2. The molecule has 5 heteroatoms. The van der Waals surface area contributed by atoms with E-state index in [9.17, 15) is 9.59 Å². The molecule has 1 atom stereocenters. The van der Waals surface area contributed by atoms with Gasteiger partial charge in [-0.3, -0.25) is 9.59 Å². The maximum atomic E-state index is 10.3. The van der Waals surface area contributed by atoms with Crippen LogP contribution in [0.4, 0.5) is 0 Å². The summed E-state index contributed by atoms with van der Waals surface area (Å²) in [6, 6.07) is 0. The molecule has 0 aromatic carbocycles. The Balaban J connectivity index is 0.000000325. The maximum Gasteiger partial charge on any atom is 0.303 e. The third kappa shape index (κ3) is 9.45. The fraction of sp³-hybridized carbons (Fsp3) is 0.818. The van der Waals surface area contributed by atoms with Gasteiger partial charge in [-0.15, -0.1) is 0 Å². The molecule has 16 heavy (non-hydrogen) atoms. The summed E-state index contributed by atoms with van der Waals surface area (Å²) < 4.78 is 9.99. The molecule has 1 heterocycles. The van der Waals surface area contributed by atoms with E-state index in [0.717, 1.165) is 25.9 Å². The van der Waals surface area contributed by atoms with Gasteiger partial charge >= 0.3 is 11.9 Å². The zero-order valence-corrected chi connectivity index (χ0v) is 9.90. The zero-order chi connectivity index (χ0) is 12.4. The Labute approximate surface area is 95.7 Å². The number of carbonyl (C=O) groups excluding carboxylic acids is 1. The van der Waals surface area contributed by atoms with Crippen LogP contribution in [0.5, 0.6) is 0 Å². The Morgan fingerprint density at radius 2 is 2.19 bits per heavy atom. The fourth-order valence-electron chi connectivity index (χ4n) is 1.20. The third-order valence-electron chi connectivity index (χ3n) is 1.96. The highest BCUT2D eigenvalue weighted by Gasteiger charge is 2.15. The fourth-order valence-corrected chi connectivity index (χ4v) is 1.20. The van der Waals surface area contributed by atoms with Gasteiger partial charge in [0.25, 0.3) is 0 Å². The van der Waals surface area contributed by atoms with E-state index in [1.54, 1.807) is 0 Å². The summed E-state index contributed by atoms with van der Waals surface area (Å²) in [6.45, 7) is 4.49. The monoisotopic (exact) mass is 232 g/mol. The number of carbonyl (C=O) groups is 2. The summed E-state index contributed by atoms with van der Waals surface area (Å²) in [4.78, 5) is 19.9. The Hall–Kier alpha value is -1.10. The molecule has 1 N–H and O–H groups in total. The van der Waals surface area contributed by atoms with Gasteiger partial charge in [0.05, 0.1) is 6.10 Å². The smallest absolute Gasteiger partial charge is 0.303 e. The summed E-state index contributed by atoms with van der Waals surface area (Å²) in [6.07, 6.45) is 3.29. The summed E-state index contributed by atoms with van der Waals surface area (Å²) in [5.74, 6) is -0.937. The first-order chi connectivity index (χ1) is 7.56. The third-order valence-corrected chi connectivity index (χ3v) is 1.96. The number of aliphatic carboxylic acids is 1. The lowest BCUT2D eigenvalue weighted by Crippen LogP contribution is -2.15. The second kappa shape index (κ2) is 9.15.